The van der Waals surface area contributed by atoms with Crippen molar-refractivity contribution in [1.82, 2.24) is 9.36 Å². The number of ether oxygens (including phenoxy) is 1. The minimum absolute atomic E-state index is 0.00138. The van der Waals surface area contributed by atoms with Crippen molar-refractivity contribution >= 4 is 17.3 Å². The second-order valence-corrected chi connectivity index (χ2v) is 4.63. The van der Waals surface area contributed by atoms with Gasteiger partial charge in [0, 0.05) is 19.7 Å². The average Bonchev–Trinajstić information content (AvgIpc) is 2.67. The summed E-state index contributed by atoms with van der Waals surface area (Å²) in [6.07, 6.45) is 0. The fourth-order valence-electron chi connectivity index (χ4n) is 2.10. The van der Waals surface area contributed by atoms with Gasteiger partial charge in [0.2, 0.25) is 0 Å². The lowest BCUT2D eigenvalue weighted by atomic mass is 10.3. The Hall–Kier alpha value is -1.79. The summed E-state index contributed by atoms with van der Waals surface area (Å²) < 4.78 is 21.6. The van der Waals surface area contributed by atoms with E-state index in [-0.39, 0.29) is 17.3 Å². The molecule has 2 N–H and O–H groups in total. The van der Waals surface area contributed by atoms with Crippen LogP contribution in [0.1, 0.15) is 12.6 Å². The molecule has 1 heterocycles. The fraction of sp³-hybridized carbons (Fsp3) is 0.308. The lowest BCUT2D eigenvalue weighted by Gasteiger charge is -2.12. The SMILES string of the molecule is CCn1c(COC)c(N)c(=O)n1-c1ccc(Cl)c(F)c1. The van der Waals surface area contributed by atoms with Crippen LogP contribution in [0, 0.1) is 5.82 Å². The first kappa shape index (κ1) is 14.6. The van der Waals surface area contributed by atoms with Gasteiger partial charge in [-0.05, 0) is 19.1 Å². The molecule has 20 heavy (non-hydrogen) atoms. The Morgan fingerprint density at radius 3 is 2.70 bits per heavy atom. The van der Waals surface area contributed by atoms with Crippen molar-refractivity contribution in [3.8, 4) is 5.69 Å². The number of nitrogen functional groups attached to an aromatic ring is 1. The van der Waals surface area contributed by atoms with Gasteiger partial charge in [0.1, 0.15) is 11.5 Å². The van der Waals surface area contributed by atoms with Crippen LogP contribution in [0.4, 0.5) is 10.1 Å². The predicted octanol–water partition coefficient (Wildman–Crippen LogP) is 2.18. The molecule has 0 aliphatic rings. The van der Waals surface area contributed by atoms with Gasteiger partial charge in [-0.15, -0.1) is 0 Å². The summed E-state index contributed by atoms with van der Waals surface area (Å²) >= 11 is 5.65. The molecule has 0 bridgehead atoms. The van der Waals surface area contributed by atoms with E-state index in [1.54, 1.807) is 10.7 Å². The Kier molecular flexibility index (Phi) is 4.15. The van der Waals surface area contributed by atoms with E-state index in [2.05, 4.69) is 0 Å². The topological polar surface area (TPSA) is 62.2 Å². The molecule has 0 spiro atoms. The van der Waals surface area contributed by atoms with Crippen molar-refractivity contribution in [2.75, 3.05) is 12.8 Å². The summed E-state index contributed by atoms with van der Waals surface area (Å²) in [5.41, 5.74) is 6.45. The Morgan fingerprint density at radius 1 is 1.45 bits per heavy atom. The van der Waals surface area contributed by atoms with E-state index >= 15 is 0 Å². The number of hydrogen-bond acceptors (Lipinski definition) is 3. The molecule has 0 saturated heterocycles. The van der Waals surface area contributed by atoms with E-state index < -0.39 is 11.4 Å². The van der Waals surface area contributed by atoms with Crippen LogP contribution in [0.2, 0.25) is 5.02 Å². The number of benzene rings is 1. The third-order valence-corrected chi connectivity index (χ3v) is 3.32. The number of anilines is 1. The highest BCUT2D eigenvalue weighted by atomic mass is 35.5. The standard InChI is InChI=1S/C13H15ClFN3O2/c1-3-17-11(7-20-2)12(16)13(19)18(17)8-4-5-9(14)10(15)6-8/h4-6H,3,7,16H2,1-2H3. The van der Waals surface area contributed by atoms with Crippen molar-refractivity contribution < 1.29 is 9.13 Å². The minimum Gasteiger partial charge on any atom is -0.393 e. The maximum absolute atomic E-state index is 13.6. The Balaban J connectivity index is 2.70. The highest BCUT2D eigenvalue weighted by molar-refractivity contribution is 6.30. The number of halogens is 2. The van der Waals surface area contributed by atoms with Gasteiger partial charge < -0.3 is 10.5 Å². The molecule has 0 saturated carbocycles. The summed E-state index contributed by atoms with van der Waals surface area (Å²) in [5.74, 6) is -0.591. The predicted molar refractivity (Wildman–Crippen MR) is 75.8 cm³/mol. The number of rotatable bonds is 4. The highest BCUT2D eigenvalue weighted by Crippen LogP contribution is 2.20. The van der Waals surface area contributed by atoms with Crippen molar-refractivity contribution in [3.05, 3.63) is 45.1 Å². The lowest BCUT2D eigenvalue weighted by Crippen LogP contribution is -2.22. The molecule has 5 nitrogen and oxygen atoms in total. The van der Waals surface area contributed by atoms with Crippen molar-refractivity contribution in [3.63, 3.8) is 0 Å². The van der Waals surface area contributed by atoms with Crippen molar-refractivity contribution in [2.24, 2.45) is 0 Å². The van der Waals surface area contributed by atoms with Gasteiger partial charge in [0.05, 0.1) is 23.0 Å². The van der Waals surface area contributed by atoms with E-state index in [4.69, 9.17) is 22.1 Å². The molecule has 0 aliphatic carbocycles. The Morgan fingerprint density at radius 2 is 2.15 bits per heavy atom. The molecule has 0 amide bonds. The second-order valence-electron chi connectivity index (χ2n) is 4.22. The first-order chi connectivity index (χ1) is 9.51. The molecular weight excluding hydrogens is 285 g/mol. The van der Waals surface area contributed by atoms with E-state index in [9.17, 15) is 9.18 Å². The van der Waals surface area contributed by atoms with Gasteiger partial charge in [0.25, 0.3) is 5.56 Å². The summed E-state index contributed by atoms with van der Waals surface area (Å²) in [5, 5.41) is 0.00138. The van der Waals surface area contributed by atoms with Gasteiger partial charge in [-0.1, -0.05) is 11.6 Å². The second kappa shape index (κ2) is 5.68. The van der Waals surface area contributed by atoms with Gasteiger partial charge in [-0.25, -0.2) is 9.07 Å². The summed E-state index contributed by atoms with van der Waals surface area (Å²) in [6, 6.07) is 4.17. The number of methoxy groups -OCH3 is 1. The minimum atomic E-state index is -0.591. The van der Waals surface area contributed by atoms with Crippen LogP contribution in [0.5, 0.6) is 0 Å². The van der Waals surface area contributed by atoms with E-state index in [0.29, 0.717) is 17.9 Å². The average molecular weight is 300 g/mol. The Labute approximate surface area is 120 Å². The molecule has 0 fully saturated rings. The number of nitrogens with zero attached hydrogens (tertiary/aromatic N) is 2. The van der Waals surface area contributed by atoms with Crippen LogP contribution in [0.15, 0.2) is 23.0 Å². The monoisotopic (exact) mass is 299 g/mol. The third-order valence-electron chi connectivity index (χ3n) is 3.02. The van der Waals surface area contributed by atoms with Gasteiger partial charge in [0.15, 0.2) is 0 Å². The van der Waals surface area contributed by atoms with E-state index in [1.807, 2.05) is 6.92 Å². The third kappa shape index (κ3) is 2.32. The van der Waals surface area contributed by atoms with Crippen LogP contribution in [-0.2, 0) is 17.9 Å². The van der Waals surface area contributed by atoms with E-state index in [0.717, 1.165) is 0 Å². The van der Waals surface area contributed by atoms with Crippen LogP contribution in [0.3, 0.4) is 0 Å². The normalized spacial score (nSPS) is 11.0. The van der Waals surface area contributed by atoms with Crippen LogP contribution in [0.25, 0.3) is 5.69 Å². The quantitative estimate of drug-likeness (QED) is 0.941. The molecule has 0 radical (unpaired) electrons. The summed E-state index contributed by atoms with van der Waals surface area (Å²) in [7, 11) is 1.52. The smallest absolute Gasteiger partial charge is 0.294 e. The van der Waals surface area contributed by atoms with Crippen LogP contribution in [-0.4, -0.2) is 16.5 Å². The van der Waals surface area contributed by atoms with Crippen LogP contribution >= 0.6 is 11.6 Å². The molecule has 1 aromatic heterocycles. The van der Waals surface area contributed by atoms with E-state index in [1.165, 1.54) is 23.9 Å². The molecule has 1 aromatic carbocycles. The maximum atomic E-state index is 13.6. The van der Waals surface area contributed by atoms with Crippen LogP contribution < -0.4 is 11.3 Å². The molecule has 108 valence electrons. The lowest BCUT2D eigenvalue weighted by molar-refractivity contribution is 0.176. The van der Waals surface area contributed by atoms with Crippen molar-refractivity contribution in [1.29, 1.82) is 0 Å². The number of nitrogens with two attached hydrogens (primary N) is 1. The zero-order chi connectivity index (χ0) is 14.9. The molecular formula is C13H15ClFN3O2. The maximum Gasteiger partial charge on any atom is 0.294 e. The molecule has 0 unspecified atom stereocenters. The van der Waals surface area contributed by atoms with Gasteiger partial charge in [-0.3, -0.25) is 9.48 Å². The molecule has 0 atom stereocenters. The molecule has 0 aliphatic heterocycles. The van der Waals surface area contributed by atoms with Crippen molar-refractivity contribution in [2.45, 2.75) is 20.1 Å². The fourth-order valence-corrected chi connectivity index (χ4v) is 2.22. The molecule has 7 heteroatoms. The van der Waals surface area contributed by atoms with Gasteiger partial charge >= 0.3 is 0 Å². The first-order valence-corrected chi connectivity index (χ1v) is 6.43. The molecule has 2 rings (SSSR count). The number of aromatic nitrogens is 2. The molecule has 2 aromatic rings. The zero-order valence-electron chi connectivity index (χ0n) is 11.2. The number of hydrogen-bond donors (Lipinski definition) is 1. The summed E-state index contributed by atoms with van der Waals surface area (Å²) in [6.45, 7) is 2.56. The largest absolute Gasteiger partial charge is 0.393 e. The first-order valence-electron chi connectivity index (χ1n) is 6.05. The van der Waals surface area contributed by atoms with Gasteiger partial charge in [-0.2, -0.15) is 0 Å². The zero-order valence-corrected chi connectivity index (χ0v) is 11.9. The highest BCUT2D eigenvalue weighted by Gasteiger charge is 2.18. The summed E-state index contributed by atoms with van der Waals surface area (Å²) in [4.78, 5) is 12.2. The Bertz CT molecular complexity index is 694.